The second kappa shape index (κ2) is 6.31. The van der Waals surface area contributed by atoms with Crippen molar-refractivity contribution in [3.8, 4) is 0 Å². The van der Waals surface area contributed by atoms with Gasteiger partial charge in [0.15, 0.2) is 23.3 Å². The summed E-state index contributed by atoms with van der Waals surface area (Å²) in [6.07, 6.45) is 0.681. The summed E-state index contributed by atoms with van der Waals surface area (Å²) in [6.45, 7) is 2.39. The van der Waals surface area contributed by atoms with Gasteiger partial charge in [0.1, 0.15) is 0 Å². The Balaban J connectivity index is 2.76. The van der Waals surface area contributed by atoms with Crippen LogP contribution < -0.4 is 16.6 Å². The molecule has 5 nitrogen and oxygen atoms in total. The number of nitrogens with zero attached hydrogens (tertiary/aromatic N) is 1. The van der Waals surface area contributed by atoms with E-state index in [0.29, 0.717) is 13.0 Å². The molecule has 96 valence electrons. The molecule has 0 saturated carbocycles. The molecular weight excluding hydrogens is 230 g/mol. The molecule has 0 spiro atoms. The van der Waals surface area contributed by atoms with Crippen molar-refractivity contribution in [3.63, 3.8) is 0 Å². The number of ether oxygens (including phenoxy) is 1. The van der Waals surface area contributed by atoms with E-state index in [-0.39, 0.29) is 17.7 Å². The van der Waals surface area contributed by atoms with Crippen molar-refractivity contribution in [2.24, 2.45) is 5.84 Å². The van der Waals surface area contributed by atoms with Crippen LogP contribution in [0.25, 0.3) is 0 Å². The molecule has 0 aliphatic heterocycles. The standard InChI is InChI=1S/C10H16F2N4O/c1-6(3-4-17-2)14-9-7(11)5-8(12)10(15-9)16-13/h5-6H,3-4,13H2,1-2H3,(H2,14,15,16). The Morgan fingerprint density at radius 3 is 2.65 bits per heavy atom. The fraction of sp³-hybridized carbons (Fsp3) is 0.500. The molecule has 4 N–H and O–H groups in total. The molecule has 1 atom stereocenters. The Bertz CT molecular complexity index is 376. The van der Waals surface area contributed by atoms with Crippen LogP contribution in [0.2, 0.25) is 0 Å². The van der Waals surface area contributed by atoms with Crippen LogP contribution in [0, 0.1) is 11.6 Å². The number of aromatic nitrogens is 1. The molecule has 0 fully saturated rings. The number of nitrogens with two attached hydrogens (primary N) is 1. The quantitative estimate of drug-likeness (QED) is 0.524. The molecule has 1 aromatic rings. The van der Waals surface area contributed by atoms with Crippen LogP contribution >= 0.6 is 0 Å². The van der Waals surface area contributed by atoms with Crippen LogP contribution in [0.1, 0.15) is 13.3 Å². The molecule has 1 heterocycles. The van der Waals surface area contributed by atoms with Crippen molar-refractivity contribution in [1.82, 2.24) is 4.98 Å². The number of methoxy groups -OCH3 is 1. The maximum absolute atomic E-state index is 13.4. The van der Waals surface area contributed by atoms with Gasteiger partial charge in [-0.25, -0.2) is 19.6 Å². The fourth-order valence-corrected chi connectivity index (χ4v) is 1.27. The van der Waals surface area contributed by atoms with Crippen molar-refractivity contribution >= 4 is 11.6 Å². The van der Waals surface area contributed by atoms with E-state index in [1.807, 2.05) is 6.92 Å². The zero-order valence-electron chi connectivity index (χ0n) is 9.76. The highest BCUT2D eigenvalue weighted by Crippen LogP contribution is 2.19. The number of anilines is 2. The Hall–Kier alpha value is -1.47. The molecule has 0 saturated heterocycles. The zero-order valence-corrected chi connectivity index (χ0v) is 9.76. The van der Waals surface area contributed by atoms with Crippen LogP contribution in [0.3, 0.4) is 0 Å². The first-order chi connectivity index (χ1) is 8.08. The predicted octanol–water partition coefficient (Wildman–Crippen LogP) is 1.48. The molecule has 0 aromatic carbocycles. The Morgan fingerprint density at radius 2 is 2.06 bits per heavy atom. The second-order valence-corrected chi connectivity index (χ2v) is 3.62. The monoisotopic (exact) mass is 246 g/mol. The van der Waals surface area contributed by atoms with E-state index in [4.69, 9.17) is 10.6 Å². The van der Waals surface area contributed by atoms with E-state index < -0.39 is 11.6 Å². The minimum atomic E-state index is -0.833. The molecule has 0 amide bonds. The topological polar surface area (TPSA) is 72.2 Å². The molecule has 1 aromatic heterocycles. The highest BCUT2D eigenvalue weighted by Gasteiger charge is 2.12. The lowest BCUT2D eigenvalue weighted by Crippen LogP contribution is -2.20. The van der Waals surface area contributed by atoms with Crippen molar-refractivity contribution in [2.75, 3.05) is 24.5 Å². The lowest BCUT2D eigenvalue weighted by Gasteiger charge is -2.15. The largest absolute Gasteiger partial charge is 0.385 e. The Labute approximate surface area is 98.3 Å². The summed E-state index contributed by atoms with van der Waals surface area (Å²) in [4.78, 5) is 3.70. The van der Waals surface area contributed by atoms with Crippen molar-refractivity contribution in [1.29, 1.82) is 0 Å². The van der Waals surface area contributed by atoms with Gasteiger partial charge in [-0.1, -0.05) is 0 Å². The van der Waals surface area contributed by atoms with Gasteiger partial charge in [-0.2, -0.15) is 0 Å². The maximum atomic E-state index is 13.4. The van der Waals surface area contributed by atoms with Gasteiger partial charge in [-0.3, -0.25) is 0 Å². The van der Waals surface area contributed by atoms with Gasteiger partial charge in [0, 0.05) is 25.8 Å². The second-order valence-electron chi connectivity index (χ2n) is 3.62. The van der Waals surface area contributed by atoms with Gasteiger partial charge in [0.2, 0.25) is 0 Å². The van der Waals surface area contributed by atoms with Crippen LogP contribution in [0.5, 0.6) is 0 Å². The third-order valence-corrected chi connectivity index (χ3v) is 2.20. The molecule has 0 aliphatic rings. The van der Waals surface area contributed by atoms with Crippen molar-refractivity contribution < 1.29 is 13.5 Å². The fourth-order valence-electron chi connectivity index (χ4n) is 1.27. The summed E-state index contributed by atoms with van der Waals surface area (Å²) in [7, 11) is 1.58. The normalized spacial score (nSPS) is 12.3. The molecule has 1 rings (SSSR count). The molecule has 0 radical (unpaired) electrons. The van der Waals surface area contributed by atoms with Gasteiger partial charge in [0.25, 0.3) is 0 Å². The van der Waals surface area contributed by atoms with E-state index in [0.717, 1.165) is 6.07 Å². The highest BCUT2D eigenvalue weighted by molar-refractivity contribution is 5.47. The number of pyridine rings is 1. The maximum Gasteiger partial charge on any atom is 0.178 e. The van der Waals surface area contributed by atoms with E-state index in [1.54, 1.807) is 7.11 Å². The average Bonchev–Trinajstić information content (AvgIpc) is 2.30. The summed E-state index contributed by atoms with van der Waals surface area (Å²) < 4.78 is 31.4. The van der Waals surface area contributed by atoms with E-state index >= 15 is 0 Å². The van der Waals surface area contributed by atoms with E-state index in [2.05, 4.69) is 15.7 Å². The first kappa shape index (κ1) is 13.6. The van der Waals surface area contributed by atoms with Crippen molar-refractivity contribution in [2.45, 2.75) is 19.4 Å². The SMILES string of the molecule is COCCC(C)Nc1nc(NN)c(F)cc1F. The summed E-state index contributed by atoms with van der Waals surface area (Å²) in [5, 5.41) is 2.82. The predicted molar refractivity (Wildman–Crippen MR) is 61.5 cm³/mol. The summed E-state index contributed by atoms with van der Waals surface area (Å²) in [5.41, 5.74) is 2.06. The minimum absolute atomic E-state index is 0.0389. The summed E-state index contributed by atoms with van der Waals surface area (Å²) in [5.74, 6) is 3.23. The Morgan fingerprint density at radius 1 is 1.41 bits per heavy atom. The molecule has 7 heteroatoms. The van der Waals surface area contributed by atoms with Gasteiger partial charge < -0.3 is 15.5 Å². The van der Waals surface area contributed by atoms with Crippen LogP contribution in [0.4, 0.5) is 20.4 Å². The van der Waals surface area contributed by atoms with Gasteiger partial charge in [-0.15, -0.1) is 0 Å². The Kier molecular flexibility index (Phi) is 5.05. The number of hydrazine groups is 1. The number of rotatable bonds is 6. The third-order valence-electron chi connectivity index (χ3n) is 2.20. The van der Waals surface area contributed by atoms with Gasteiger partial charge in [0.05, 0.1) is 0 Å². The minimum Gasteiger partial charge on any atom is -0.385 e. The van der Waals surface area contributed by atoms with E-state index in [9.17, 15) is 8.78 Å². The lowest BCUT2D eigenvalue weighted by molar-refractivity contribution is 0.191. The first-order valence-corrected chi connectivity index (χ1v) is 5.16. The number of hydrogen-bond acceptors (Lipinski definition) is 5. The van der Waals surface area contributed by atoms with E-state index in [1.165, 1.54) is 0 Å². The molecule has 17 heavy (non-hydrogen) atoms. The molecule has 0 bridgehead atoms. The molecule has 0 aliphatic carbocycles. The summed E-state index contributed by atoms with van der Waals surface area (Å²) >= 11 is 0. The van der Waals surface area contributed by atoms with Crippen LogP contribution in [-0.2, 0) is 4.74 Å². The number of nitrogens with one attached hydrogen (secondary N) is 2. The van der Waals surface area contributed by atoms with Crippen molar-refractivity contribution in [3.05, 3.63) is 17.7 Å². The van der Waals surface area contributed by atoms with Crippen LogP contribution in [-0.4, -0.2) is 24.7 Å². The molecular formula is C10H16F2N4O. The summed E-state index contributed by atoms with van der Waals surface area (Å²) in [6, 6.07) is 0.682. The average molecular weight is 246 g/mol. The third kappa shape index (κ3) is 3.79. The zero-order chi connectivity index (χ0) is 12.8. The van der Waals surface area contributed by atoms with Gasteiger partial charge in [-0.05, 0) is 13.3 Å². The first-order valence-electron chi connectivity index (χ1n) is 5.16. The molecule has 1 unspecified atom stereocenters. The number of halogens is 2. The van der Waals surface area contributed by atoms with Gasteiger partial charge >= 0.3 is 0 Å². The highest BCUT2D eigenvalue weighted by atomic mass is 19.1. The number of hydrogen-bond donors (Lipinski definition) is 3. The lowest BCUT2D eigenvalue weighted by atomic mass is 10.2. The van der Waals surface area contributed by atoms with Crippen LogP contribution in [0.15, 0.2) is 6.07 Å². The smallest absolute Gasteiger partial charge is 0.178 e. The number of nitrogen functional groups attached to an aromatic ring is 1.